The van der Waals surface area contributed by atoms with E-state index in [4.69, 9.17) is 4.84 Å². The molecule has 0 saturated carbocycles. The smallest absolute Gasteiger partial charge is 0.125 e. The lowest BCUT2D eigenvalue weighted by Crippen LogP contribution is -2.29. The normalized spacial score (nSPS) is 12.0. The molecule has 4 nitrogen and oxygen atoms in total. The van der Waals surface area contributed by atoms with Crippen molar-refractivity contribution in [2.45, 2.75) is 46.4 Å². The number of aryl methyl sites for hydroxylation is 1. The minimum atomic E-state index is -0.163. The average molecular weight is 197 g/mol. The number of nitrogens with one attached hydrogen (secondary N) is 1. The van der Waals surface area contributed by atoms with Crippen molar-refractivity contribution in [2.75, 3.05) is 0 Å². The zero-order valence-electron chi connectivity index (χ0n) is 9.37. The number of nitrogens with zero attached hydrogens (tertiary/aromatic N) is 2. The lowest BCUT2D eigenvalue weighted by atomic mass is 10.2. The summed E-state index contributed by atoms with van der Waals surface area (Å²) in [6, 6.07) is 0. The van der Waals surface area contributed by atoms with E-state index in [0.717, 1.165) is 12.4 Å². The van der Waals surface area contributed by atoms with Crippen LogP contribution >= 0.6 is 0 Å². The van der Waals surface area contributed by atoms with Crippen LogP contribution in [0, 0.1) is 0 Å². The van der Waals surface area contributed by atoms with Crippen LogP contribution in [0.2, 0.25) is 0 Å². The molecule has 0 aromatic carbocycles. The van der Waals surface area contributed by atoms with Crippen molar-refractivity contribution in [1.29, 1.82) is 0 Å². The molecular weight excluding hydrogens is 178 g/mol. The van der Waals surface area contributed by atoms with Crippen molar-refractivity contribution in [2.24, 2.45) is 0 Å². The second-order valence-electron chi connectivity index (χ2n) is 4.17. The largest absolute Gasteiger partial charge is 0.334 e. The SMILES string of the molecule is CCn1ccnc1CNOC(C)(C)C. The van der Waals surface area contributed by atoms with Crippen molar-refractivity contribution in [3.05, 3.63) is 18.2 Å². The summed E-state index contributed by atoms with van der Waals surface area (Å²) in [6.45, 7) is 9.69. The summed E-state index contributed by atoms with van der Waals surface area (Å²) in [4.78, 5) is 9.63. The Morgan fingerprint density at radius 1 is 1.50 bits per heavy atom. The lowest BCUT2D eigenvalue weighted by molar-refractivity contribution is -0.0768. The van der Waals surface area contributed by atoms with Gasteiger partial charge in [-0.1, -0.05) is 0 Å². The van der Waals surface area contributed by atoms with Crippen LogP contribution in [0.1, 0.15) is 33.5 Å². The van der Waals surface area contributed by atoms with Gasteiger partial charge in [0.1, 0.15) is 5.82 Å². The number of hydrogen-bond donors (Lipinski definition) is 1. The summed E-state index contributed by atoms with van der Waals surface area (Å²) < 4.78 is 2.08. The maximum absolute atomic E-state index is 5.40. The fraction of sp³-hybridized carbons (Fsp3) is 0.700. The first kappa shape index (κ1) is 11.2. The molecule has 0 saturated heterocycles. The molecule has 0 fully saturated rings. The lowest BCUT2D eigenvalue weighted by Gasteiger charge is -2.19. The molecule has 0 spiro atoms. The Kier molecular flexibility index (Phi) is 3.66. The molecule has 0 radical (unpaired) electrons. The summed E-state index contributed by atoms with van der Waals surface area (Å²) in [7, 11) is 0. The fourth-order valence-corrected chi connectivity index (χ4v) is 1.11. The predicted octanol–water partition coefficient (Wildman–Crippen LogP) is 1.72. The quantitative estimate of drug-likeness (QED) is 0.747. The van der Waals surface area contributed by atoms with Gasteiger partial charge in [-0.2, -0.15) is 5.48 Å². The average Bonchev–Trinajstić information content (AvgIpc) is 2.49. The fourth-order valence-electron chi connectivity index (χ4n) is 1.11. The van der Waals surface area contributed by atoms with Crippen LogP contribution in [-0.2, 0) is 17.9 Å². The monoisotopic (exact) mass is 197 g/mol. The highest BCUT2D eigenvalue weighted by Gasteiger charge is 2.10. The van der Waals surface area contributed by atoms with Gasteiger partial charge in [-0.05, 0) is 27.7 Å². The van der Waals surface area contributed by atoms with E-state index in [1.165, 1.54) is 0 Å². The molecule has 4 heteroatoms. The number of hydroxylamine groups is 1. The highest BCUT2D eigenvalue weighted by atomic mass is 16.7. The number of aromatic nitrogens is 2. The summed E-state index contributed by atoms with van der Waals surface area (Å²) in [5.41, 5.74) is 2.76. The van der Waals surface area contributed by atoms with Crippen LogP contribution in [0.15, 0.2) is 12.4 Å². The summed E-state index contributed by atoms with van der Waals surface area (Å²) in [6.07, 6.45) is 3.77. The Morgan fingerprint density at radius 3 is 2.79 bits per heavy atom. The van der Waals surface area contributed by atoms with E-state index in [-0.39, 0.29) is 5.60 Å². The van der Waals surface area contributed by atoms with Gasteiger partial charge >= 0.3 is 0 Å². The van der Waals surface area contributed by atoms with Gasteiger partial charge in [-0.25, -0.2) is 4.98 Å². The van der Waals surface area contributed by atoms with Crippen molar-refractivity contribution < 1.29 is 4.84 Å². The first-order valence-electron chi connectivity index (χ1n) is 4.94. The number of hydrogen-bond acceptors (Lipinski definition) is 3. The van der Waals surface area contributed by atoms with E-state index >= 15 is 0 Å². The van der Waals surface area contributed by atoms with Gasteiger partial charge < -0.3 is 4.57 Å². The highest BCUT2D eigenvalue weighted by Crippen LogP contribution is 2.04. The molecule has 1 heterocycles. The third-order valence-corrected chi connectivity index (χ3v) is 1.75. The van der Waals surface area contributed by atoms with Crippen LogP contribution in [0.3, 0.4) is 0 Å². The van der Waals surface area contributed by atoms with Gasteiger partial charge in [0, 0.05) is 18.9 Å². The second kappa shape index (κ2) is 4.57. The van der Waals surface area contributed by atoms with Gasteiger partial charge in [0.25, 0.3) is 0 Å². The minimum absolute atomic E-state index is 0.163. The third-order valence-electron chi connectivity index (χ3n) is 1.75. The molecule has 0 unspecified atom stereocenters. The summed E-state index contributed by atoms with van der Waals surface area (Å²) >= 11 is 0. The molecule has 1 aromatic rings. The second-order valence-corrected chi connectivity index (χ2v) is 4.17. The predicted molar refractivity (Wildman–Crippen MR) is 55.6 cm³/mol. The van der Waals surface area contributed by atoms with Crippen molar-refractivity contribution in [3.63, 3.8) is 0 Å². The maximum Gasteiger partial charge on any atom is 0.125 e. The van der Waals surface area contributed by atoms with Gasteiger partial charge in [0.05, 0.1) is 12.1 Å². The van der Waals surface area contributed by atoms with Crippen LogP contribution < -0.4 is 5.48 Å². The van der Waals surface area contributed by atoms with Gasteiger partial charge in [0.15, 0.2) is 0 Å². The van der Waals surface area contributed by atoms with Gasteiger partial charge in [-0.3, -0.25) is 4.84 Å². The third kappa shape index (κ3) is 3.47. The number of imidazole rings is 1. The standard InChI is InChI=1S/C10H19N3O/c1-5-13-7-6-11-9(13)8-12-14-10(2,3)4/h6-7,12H,5,8H2,1-4H3. The van der Waals surface area contributed by atoms with E-state index in [2.05, 4.69) is 22.0 Å². The molecule has 0 aliphatic heterocycles. The minimum Gasteiger partial charge on any atom is -0.334 e. The Hall–Kier alpha value is -0.870. The molecule has 1 N–H and O–H groups in total. The number of rotatable bonds is 4. The molecule has 1 rings (SSSR count). The first-order valence-corrected chi connectivity index (χ1v) is 4.94. The summed E-state index contributed by atoms with van der Waals surface area (Å²) in [5, 5.41) is 0. The van der Waals surface area contributed by atoms with Gasteiger partial charge in [-0.15, -0.1) is 0 Å². The molecular formula is C10H19N3O. The molecule has 14 heavy (non-hydrogen) atoms. The van der Waals surface area contributed by atoms with E-state index in [9.17, 15) is 0 Å². The van der Waals surface area contributed by atoms with E-state index in [1.807, 2.05) is 27.0 Å². The van der Waals surface area contributed by atoms with E-state index < -0.39 is 0 Å². The zero-order chi connectivity index (χ0) is 10.6. The van der Waals surface area contributed by atoms with Crippen molar-refractivity contribution >= 4 is 0 Å². The van der Waals surface area contributed by atoms with E-state index in [0.29, 0.717) is 6.54 Å². The Bertz CT molecular complexity index is 275. The molecule has 0 aliphatic carbocycles. The molecule has 80 valence electrons. The Labute approximate surface area is 85.2 Å². The Morgan fingerprint density at radius 2 is 2.21 bits per heavy atom. The van der Waals surface area contributed by atoms with Crippen molar-refractivity contribution in [3.8, 4) is 0 Å². The van der Waals surface area contributed by atoms with E-state index in [1.54, 1.807) is 6.20 Å². The molecule has 1 aromatic heterocycles. The molecule has 0 aliphatic rings. The van der Waals surface area contributed by atoms with Crippen molar-refractivity contribution in [1.82, 2.24) is 15.0 Å². The topological polar surface area (TPSA) is 39.1 Å². The Balaban J connectivity index is 2.38. The van der Waals surface area contributed by atoms with Crippen LogP contribution in [0.5, 0.6) is 0 Å². The summed E-state index contributed by atoms with van der Waals surface area (Å²) in [5.74, 6) is 0.997. The van der Waals surface area contributed by atoms with Crippen LogP contribution in [0.4, 0.5) is 0 Å². The highest BCUT2D eigenvalue weighted by molar-refractivity contribution is 4.90. The molecule has 0 bridgehead atoms. The molecule has 0 atom stereocenters. The zero-order valence-corrected chi connectivity index (χ0v) is 9.37. The maximum atomic E-state index is 5.40. The van der Waals surface area contributed by atoms with Crippen LogP contribution in [0.25, 0.3) is 0 Å². The van der Waals surface area contributed by atoms with Crippen LogP contribution in [-0.4, -0.2) is 15.2 Å². The first-order chi connectivity index (χ1) is 6.53. The van der Waals surface area contributed by atoms with Gasteiger partial charge in [0.2, 0.25) is 0 Å². The molecule has 0 amide bonds.